The van der Waals surface area contributed by atoms with Crippen LogP contribution in [0.1, 0.15) is 36.5 Å². The molecule has 7 nitrogen and oxygen atoms in total. The molecule has 0 spiro atoms. The Balaban J connectivity index is 1.29. The zero-order chi connectivity index (χ0) is 25.7. The van der Waals surface area contributed by atoms with E-state index in [0.29, 0.717) is 23.4 Å². The van der Waals surface area contributed by atoms with Crippen molar-refractivity contribution >= 4 is 35.1 Å². The first-order valence-electron chi connectivity index (χ1n) is 12.4. The lowest BCUT2D eigenvalue weighted by Crippen LogP contribution is -2.32. The molecular weight excluding hydrogens is 456 g/mol. The maximum Gasteiger partial charge on any atom is 0.316 e. The molecule has 0 bridgehead atoms. The highest BCUT2D eigenvalue weighted by Crippen LogP contribution is 2.41. The summed E-state index contributed by atoms with van der Waals surface area (Å²) in [5, 5.41) is 0. The number of esters is 1. The monoisotopic (exact) mass is 486 g/mol. The van der Waals surface area contributed by atoms with Gasteiger partial charge in [-0.15, -0.1) is 0 Å². The minimum Gasteiger partial charge on any atom is -0.426 e. The largest absolute Gasteiger partial charge is 0.426 e. The third-order valence-electron chi connectivity index (χ3n) is 7.48. The predicted octanol–water partition coefficient (Wildman–Crippen LogP) is 4.27. The maximum absolute atomic E-state index is 13.1. The molecule has 3 aliphatic rings. The number of benzene rings is 2. The number of hydrogen-bond acceptors (Lipinski definition) is 5. The molecule has 0 radical (unpaired) electrons. The minimum absolute atomic E-state index is 0.0168. The summed E-state index contributed by atoms with van der Waals surface area (Å²) in [6, 6.07) is 10.8. The van der Waals surface area contributed by atoms with E-state index in [1.165, 1.54) is 4.90 Å². The zero-order valence-corrected chi connectivity index (χ0v) is 21.0. The molecule has 2 aliphatic heterocycles. The molecule has 4 atom stereocenters. The van der Waals surface area contributed by atoms with Crippen molar-refractivity contribution in [2.75, 3.05) is 16.3 Å². The van der Waals surface area contributed by atoms with E-state index in [-0.39, 0.29) is 48.4 Å². The standard InChI is InChI=1S/C29H30N2O5/c1-16-10-17(2)12-21(11-16)30-15-20(14-25(30)32)29(35)36-22-8-9-24(19(4)13-22)31-27(33)23-7-5-6-18(3)26(23)28(31)34/h5-6,8-13,18,20,23,26H,7,14-15H2,1-4H3. The Morgan fingerprint density at radius 2 is 1.69 bits per heavy atom. The number of anilines is 2. The average Bonchev–Trinajstić information content (AvgIpc) is 3.32. The highest BCUT2D eigenvalue weighted by Gasteiger charge is 2.50. The second-order valence-electron chi connectivity index (χ2n) is 10.3. The SMILES string of the molecule is Cc1cc(C)cc(N2CC(C(=O)Oc3ccc(N4C(=O)C5CC=CC(C)C5C4=O)c(C)c3)CC2=O)c1. The van der Waals surface area contributed by atoms with Gasteiger partial charge in [0.1, 0.15) is 5.75 Å². The summed E-state index contributed by atoms with van der Waals surface area (Å²) in [6.45, 7) is 7.97. The van der Waals surface area contributed by atoms with Crippen molar-refractivity contribution < 1.29 is 23.9 Å². The number of nitrogens with zero attached hydrogens (tertiary/aromatic N) is 2. The molecule has 1 aliphatic carbocycles. The Morgan fingerprint density at radius 1 is 0.972 bits per heavy atom. The molecule has 7 heteroatoms. The lowest BCUT2D eigenvalue weighted by molar-refractivity contribution is -0.139. The third kappa shape index (κ3) is 4.12. The van der Waals surface area contributed by atoms with Gasteiger partial charge in [-0.2, -0.15) is 0 Å². The lowest BCUT2D eigenvalue weighted by atomic mass is 9.78. The number of allylic oxidation sites excluding steroid dienone is 2. The summed E-state index contributed by atoms with van der Waals surface area (Å²) >= 11 is 0. The molecule has 0 saturated carbocycles. The van der Waals surface area contributed by atoms with E-state index in [0.717, 1.165) is 16.8 Å². The first kappa shape index (κ1) is 24.0. The molecule has 0 N–H and O–H groups in total. The predicted molar refractivity (Wildman–Crippen MR) is 136 cm³/mol. The van der Waals surface area contributed by atoms with Crippen molar-refractivity contribution in [2.24, 2.45) is 23.7 Å². The number of imide groups is 1. The molecule has 0 aromatic heterocycles. The van der Waals surface area contributed by atoms with Crippen molar-refractivity contribution in [3.8, 4) is 5.75 Å². The van der Waals surface area contributed by atoms with Gasteiger partial charge in [0.15, 0.2) is 0 Å². The van der Waals surface area contributed by atoms with Crippen LogP contribution in [0.3, 0.4) is 0 Å². The summed E-state index contributed by atoms with van der Waals surface area (Å²) in [5.41, 5.74) is 4.08. The number of aryl methyl sites for hydroxylation is 3. The quantitative estimate of drug-likeness (QED) is 0.279. The average molecular weight is 487 g/mol. The fourth-order valence-electron chi connectivity index (χ4n) is 5.75. The molecular formula is C29H30N2O5. The van der Waals surface area contributed by atoms with Crippen LogP contribution in [0.5, 0.6) is 5.75 Å². The van der Waals surface area contributed by atoms with Gasteiger partial charge in [0.25, 0.3) is 0 Å². The van der Waals surface area contributed by atoms with Gasteiger partial charge in [0.2, 0.25) is 17.7 Å². The van der Waals surface area contributed by atoms with E-state index in [9.17, 15) is 19.2 Å². The van der Waals surface area contributed by atoms with Crippen molar-refractivity contribution in [2.45, 2.75) is 40.5 Å². The van der Waals surface area contributed by atoms with Gasteiger partial charge in [0, 0.05) is 18.7 Å². The van der Waals surface area contributed by atoms with Gasteiger partial charge in [0.05, 0.1) is 23.4 Å². The molecule has 2 aromatic carbocycles. The van der Waals surface area contributed by atoms with Crippen LogP contribution in [0.15, 0.2) is 48.6 Å². The molecule has 2 fully saturated rings. The number of fused-ring (bicyclic) bond motifs is 1. The van der Waals surface area contributed by atoms with Gasteiger partial charge in [-0.1, -0.05) is 25.1 Å². The number of ether oxygens (including phenoxy) is 1. The molecule has 5 rings (SSSR count). The summed E-state index contributed by atoms with van der Waals surface area (Å²) < 4.78 is 5.63. The van der Waals surface area contributed by atoms with Crippen molar-refractivity contribution in [3.63, 3.8) is 0 Å². The van der Waals surface area contributed by atoms with Gasteiger partial charge in [-0.3, -0.25) is 19.2 Å². The van der Waals surface area contributed by atoms with E-state index in [4.69, 9.17) is 4.74 Å². The van der Waals surface area contributed by atoms with Crippen molar-refractivity contribution in [3.05, 3.63) is 65.2 Å². The van der Waals surface area contributed by atoms with Crippen LogP contribution in [0.25, 0.3) is 0 Å². The van der Waals surface area contributed by atoms with E-state index >= 15 is 0 Å². The van der Waals surface area contributed by atoms with E-state index in [1.807, 2.05) is 51.1 Å². The van der Waals surface area contributed by atoms with Crippen LogP contribution in [0.2, 0.25) is 0 Å². The molecule has 2 saturated heterocycles. The zero-order valence-electron chi connectivity index (χ0n) is 21.0. The normalized spacial score (nSPS) is 25.5. The topological polar surface area (TPSA) is 84.0 Å². The summed E-state index contributed by atoms with van der Waals surface area (Å²) in [7, 11) is 0. The Labute approximate surface area is 210 Å². The number of amides is 3. The molecule has 36 heavy (non-hydrogen) atoms. The molecule has 4 unspecified atom stereocenters. The van der Waals surface area contributed by atoms with Gasteiger partial charge in [-0.05, 0) is 80.1 Å². The maximum atomic E-state index is 13.1. The Hall–Kier alpha value is -3.74. The molecule has 2 aromatic rings. The van der Waals surface area contributed by atoms with Gasteiger partial charge < -0.3 is 9.64 Å². The number of rotatable bonds is 4. The van der Waals surface area contributed by atoms with Crippen molar-refractivity contribution in [1.29, 1.82) is 0 Å². The van der Waals surface area contributed by atoms with Gasteiger partial charge >= 0.3 is 5.97 Å². The third-order valence-corrected chi connectivity index (χ3v) is 7.48. The smallest absolute Gasteiger partial charge is 0.316 e. The lowest BCUT2D eigenvalue weighted by Gasteiger charge is -2.22. The Kier molecular flexibility index (Phi) is 6.02. The van der Waals surface area contributed by atoms with Crippen LogP contribution in [-0.2, 0) is 19.2 Å². The number of hydrogen-bond donors (Lipinski definition) is 0. The molecule has 3 amide bonds. The Morgan fingerprint density at radius 3 is 2.36 bits per heavy atom. The van der Waals surface area contributed by atoms with E-state index in [1.54, 1.807) is 30.0 Å². The molecule has 2 heterocycles. The van der Waals surface area contributed by atoms with Crippen LogP contribution in [-0.4, -0.2) is 30.2 Å². The Bertz CT molecular complexity index is 1290. The minimum atomic E-state index is -0.572. The summed E-state index contributed by atoms with van der Waals surface area (Å²) in [4.78, 5) is 54.7. The van der Waals surface area contributed by atoms with Gasteiger partial charge in [-0.25, -0.2) is 4.90 Å². The highest BCUT2D eigenvalue weighted by molar-refractivity contribution is 6.22. The van der Waals surface area contributed by atoms with Crippen LogP contribution < -0.4 is 14.5 Å². The number of carbonyl (C=O) groups excluding carboxylic acids is 4. The van der Waals surface area contributed by atoms with Crippen molar-refractivity contribution in [1.82, 2.24) is 0 Å². The van der Waals surface area contributed by atoms with Crippen LogP contribution >= 0.6 is 0 Å². The first-order valence-corrected chi connectivity index (χ1v) is 12.4. The summed E-state index contributed by atoms with van der Waals surface area (Å²) in [6.07, 6.45) is 4.64. The van der Waals surface area contributed by atoms with Crippen LogP contribution in [0.4, 0.5) is 11.4 Å². The van der Waals surface area contributed by atoms with E-state index < -0.39 is 11.9 Å². The highest BCUT2D eigenvalue weighted by atomic mass is 16.5. The first-order chi connectivity index (χ1) is 17.1. The van der Waals surface area contributed by atoms with E-state index in [2.05, 4.69) is 0 Å². The van der Waals surface area contributed by atoms with Crippen LogP contribution in [0, 0.1) is 44.4 Å². The number of carbonyl (C=O) groups is 4. The fraction of sp³-hybridized carbons (Fsp3) is 0.379. The summed E-state index contributed by atoms with van der Waals surface area (Å²) in [5.74, 6) is -1.82. The fourth-order valence-corrected chi connectivity index (χ4v) is 5.75. The second kappa shape index (κ2) is 9.04. The molecule has 186 valence electrons. The second-order valence-corrected chi connectivity index (χ2v) is 10.3.